The Morgan fingerprint density at radius 3 is 2.50 bits per heavy atom. The van der Waals surface area contributed by atoms with Gasteiger partial charge in [-0.1, -0.05) is 28.8 Å². The molecule has 4 nitrogen and oxygen atoms in total. The number of amidine groups is 1. The summed E-state index contributed by atoms with van der Waals surface area (Å²) in [4.78, 5) is 0. The van der Waals surface area contributed by atoms with E-state index in [1.54, 1.807) is 12.1 Å². The van der Waals surface area contributed by atoms with E-state index in [0.717, 1.165) is 16.8 Å². The van der Waals surface area contributed by atoms with Gasteiger partial charge in [0.05, 0.1) is 0 Å². The number of nitrogen functional groups attached to an aromatic ring is 1. The Balaban J connectivity index is 2.36. The van der Waals surface area contributed by atoms with E-state index < -0.39 is 0 Å². The molecule has 0 spiro atoms. The fourth-order valence-electron chi connectivity index (χ4n) is 1.11. The van der Waals surface area contributed by atoms with Crippen LogP contribution in [0.25, 0.3) is 11.3 Å². The lowest BCUT2D eigenvalue weighted by molar-refractivity contribution is 1.16. The summed E-state index contributed by atoms with van der Waals surface area (Å²) in [5, 5.41) is 13.1. The maximum atomic E-state index is 7.23. The summed E-state index contributed by atoms with van der Waals surface area (Å²) in [5.74, 6) is 0.0768. The van der Waals surface area contributed by atoms with Crippen molar-refractivity contribution in [2.75, 3.05) is 0 Å². The van der Waals surface area contributed by atoms with Gasteiger partial charge in [-0.3, -0.25) is 5.41 Å². The van der Waals surface area contributed by atoms with Crippen molar-refractivity contribution in [1.29, 1.82) is 5.41 Å². The third kappa shape index (κ3) is 1.62. The molecule has 70 valence electrons. The summed E-state index contributed by atoms with van der Waals surface area (Å²) in [6.45, 7) is 0. The highest BCUT2D eigenvalue weighted by Crippen LogP contribution is 2.17. The molecule has 1 aromatic carbocycles. The predicted molar refractivity (Wildman–Crippen MR) is 56.4 cm³/mol. The molecule has 2 aromatic rings. The standard InChI is InChI=1S/C9H8N4S/c10-9(11)7-3-1-6(2-4-7)8-5-14-13-12-8/h1-5H,(H3,10,11). The fourth-order valence-corrected chi connectivity index (χ4v) is 1.58. The summed E-state index contributed by atoms with van der Waals surface area (Å²) < 4.78 is 3.78. The monoisotopic (exact) mass is 204 g/mol. The molecule has 0 aliphatic rings. The Labute approximate surface area is 85.1 Å². The zero-order valence-corrected chi connectivity index (χ0v) is 8.08. The maximum Gasteiger partial charge on any atom is 0.122 e. The maximum absolute atomic E-state index is 7.23. The normalized spacial score (nSPS) is 10.0. The Kier molecular flexibility index (Phi) is 2.24. The predicted octanol–water partition coefficient (Wildman–Crippen LogP) is 1.49. The molecule has 1 aromatic heterocycles. The van der Waals surface area contributed by atoms with Crippen LogP contribution in [0.15, 0.2) is 29.6 Å². The quantitative estimate of drug-likeness (QED) is 0.574. The molecule has 0 aliphatic carbocycles. The summed E-state index contributed by atoms with van der Waals surface area (Å²) in [6, 6.07) is 7.37. The number of rotatable bonds is 2. The first-order chi connectivity index (χ1) is 6.77. The lowest BCUT2D eigenvalue weighted by Crippen LogP contribution is -2.10. The number of benzene rings is 1. The van der Waals surface area contributed by atoms with Crippen LogP contribution in [0.3, 0.4) is 0 Å². The van der Waals surface area contributed by atoms with Crippen molar-refractivity contribution in [2.45, 2.75) is 0 Å². The molecule has 3 N–H and O–H groups in total. The first-order valence-corrected chi connectivity index (χ1v) is 4.83. The Morgan fingerprint density at radius 2 is 2.00 bits per heavy atom. The zero-order valence-electron chi connectivity index (χ0n) is 7.27. The van der Waals surface area contributed by atoms with E-state index in [4.69, 9.17) is 11.1 Å². The van der Waals surface area contributed by atoms with E-state index >= 15 is 0 Å². The number of nitrogens with two attached hydrogens (primary N) is 1. The van der Waals surface area contributed by atoms with Crippen molar-refractivity contribution in [3.63, 3.8) is 0 Å². The van der Waals surface area contributed by atoms with Gasteiger partial charge in [-0.2, -0.15) is 0 Å². The van der Waals surface area contributed by atoms with Gasteiger partial charge in [0.25, 0.3) is 0 Å². The molecule has 0 aliphatic heterocycles. The van der Waals surface area contributed by atoms with E-state index in [9.17, 15) is 0 Å². The molecular formula is C9H8N4S. The first kappa shape index (κ1) is 8.83. The summed E-state index contributed by atoms with van der Waals surface area (Å²) in [6.07, 6.45) is 0. The lowest BCUT2D eigenvalue weighted by Gasteiger charge is -1.99. The zero-order chi connectivity index (χ0) is 9.97. The van der Waals surface area contributed by atoms with E-state index in [2.05, 4.69) is 9.59 Å². The molecule has 5 heteroatoms. The highest BCUT2D eigenvalue weighted by atomic mass is 32.1. The van der Waals surface area contributed by atoms with Crippen molar-refractivity contribution >= 4 is 17.4 Å². The van der Waals surface area contributed by atoms with Crippen LogP contribution in [0.2, 0.25) is 0 Å². The van der Waals surface area contributed by atoms with Crippen LogP contribution in [-0.4, -0.2) is 15.4 Å². The Morgan fingerprint density at radius 1 is 1.29 bits per heavy atom. The van der Waals surface area contributed by atoms with Gasteiger partial charge in [-0.15, -0.1) is 5.10 Å². The third-order valence-corrected chi connectivity index (χ3v) is 2.36. The average molecular weight is 204 g/mol. The second-order valence-electron chi connectivity index (χ2n) is 2.78. The highest BCUT2D eigenvalue weighted by molar-refractivity contribution is 7.03. The van der Waals surface area contributed by atoms with Gasteiger partial charge in [0.1, 0.15) is 11.5 Å². The van der Waals surface area contributed by atoms with Crippen LogP contribution in [0.4, 0.5) is 0 Å². The third-order valence-electron chi connectivity index (χ3n) is 1.85. The minimum absolute atomic E-state index is 0.0768. The van der Waals surface area contributed by atoms with Crippen LogP contribution >= 0.6 is 11.5 Å². The second-order valence-corrected chi connectivity index (χ2v) is 3.39. The van der Waals surface area contributed by atoms with Crippen LogP contribution in [0.5, 0.6) is 0 Å². The highest BCUT2D eigenvalue weighted by Gasteiger charge is 2.01. The van der Waals surface area contributed by atoms with Crippen molar-refractivity contribution in [3.05, 3.63) is 35.2 Å². The SMILES string of the molecule is N=C(N)c1ccc(-c2csnn2)cc1. The van der Waals surface area contributed by atoms with Crippen LogP contribution in [-0.2, 0) is 0 Å². The minimum atomic E-state index is 0.0768. The van der Waals surface area contributed by atoms with Gasteiger partial charge in [-0.25, -0.2) is 0 Å². The van der Waals surface area contributed by atoms with Gasteiger partial charge >= 0.3 is 0 Å². The van der Waals surface area contributed by atoms with Gasteiger partial charge in [0.15, 0.2) is 0 Å². The minimum Gasteiger partial charge on any atom is -0.384 e. The molecule has 14 heavy (non-hydrogen) atoms. The molecule has 1 heterocycles. The van der Waals surface area contributed by atoms with E-state index in [1.807, 2.05) is 17.5 Å². The van der Waals surface area contributed by atoms with Crippen molar-refractivity contribution < 1.29 is 0 Å². The largest absolute Gasteiger partial charge is 0.384 e. The van der Waals surface area contributed by atoms with Crippen molar-refractivity contribution in [3.8, 4) is 11.3 Å². The number of nitrogens with zero attached hydrogens (tertiary/aromatic N) is 2. The number of hydrogen-bond acceptors (Lipinski definition) is 4. The molecule has 0 saturated carbocycles. The van der Waals surface area contributed by atoms with Gasteiger partial charge in [0.2, 0.25) is 0 Å². The number of aromatic nitrogens is 2. The molecule has 2 rings (SSSR count). The van der Waals surface area contributed by atoms with Crippen LogP contribution in [0.1, 0.15) is 5.56 Å². The van der Waals surface area contributed by atoms with E-state index in [0.29, 0.717) is 0 Å². The molecular weight excluding hydrogens is 196 g/mol. The molecule has 0 saturated heterocycles. The molecule has 0 radical (unpaired) electrons. The Hall–Kier alpha value is -1.75. The van der Waals surface area contributed by atoms with Gasteiger partial charge in [0, 0.05) is 16.5 Å². The number of hydrogen-bond donors (Lipinski definition) is 2. The summed E-state index contributed by atoms with van der Waals surface area (Å²) >= 11 is 1.32. The van der Waals surface area contributed by atoms with Gasteiger partial charge in [-0.05, 0) is 11.5 Å². The van der Waals surface area contributed by atoms with E-state index in [-0.39, 0.29) is 5.84 Å². The van der Waals surface area contributed by atoms with Crippen molar-refractivity contribution in [1.82, 2.24) is 9.59 Å². The van der Waals surface area contributed by atoms with Crippen molar-refractivity contribution in [2.24, 2.45) is 5.73 Å². The first-order valence-electron chi connectivity index (χ1n) is 3.99. The molecule has 0 unspecified atom stereocenters. The van der Waals surface area contributed by atoms with Gasteiger partial charge < -0.3 is 5.73 Å². The average Bonchev–Trinajstić information content (AvgIpc) is 2.71. The summed E-state index contributed by atoms with van der Waals surface area (Å²) in [7, 11) is 0. The Bertz CT molecular complexity index is 432. The molecule has 0 atom stereocenters. The van der Waals surface area contributed by atoms with Crippen LogP contribution < -0.4 is 5.73 Å². The summed E-state index contributed by atoms with van der Waals surface area (Å²) in [5.41, 5.74) is 7.90. The lowest BCUT2D eigenvalue weighted by atomic mass is 10.1. The fraction of sp³-hybridized carbons (Fsp3) is 0. The van der Waals surface area contributed by atoms with Crippen LogP contribution in [0, 0.1) is 5.41 Å². The molecule has 0 amide bonds. The molecule has 0 fully saturated rings. The van der Waals surface area contributed by atoms with E-state index in [1.165, 1.54) is 11.5 Å². The topological polar surface area (TPSA) is 75.7 Å². The smallest absolute Gasteiger partial charge is 0.122 e. The molecule has 0 bridgehead atoms. The number of nitrogens with one attached hydrogen (secondary N) is 1. The second kappa shape index (κ2) is 3.55.